The molecule has 3 N–H and O–H groups in total. The molecule has 0 amide bonds. The molecule has 2 saturated heterocycles. The molecule has 41 heavy (non-hydrogen) atoms. The molecular formula is C28H29F2N7O3S. The van der Waals surface area contributed by atoms with Crippen molar-refractivity contribution in [1.29, 1.82) is 0 Å². The van der Waals surface area contributed by atoms with Crippen LogP contribution in [-0.4, -0.2) is 72.2 Å². The maximum Gasteiger partial charge on any atom is 0.301 e. The molecule has 4 aromatic rings. The smallest absolute Gasteiger partial charge is 0.301 e. The molecule has 1 aromatic carbocycles. The Kier molecular flexibility index (Phi) is 6.96. The molecule has 2 atom stereocenters. The van der Waals surface area contributed by atoms with Crippen LogP contribution < -0.4 is 14.9 Å². The quantitative estimate of drug-likeness (QED) is 0.271. The lowest BCUT2D eigenvalue weighted by Crippen LogP contribution is -2.51. The van der Waals surface area contributed by atoms with E-state index in [-0.39, 0.29) is 12.1 Å². The van der Waals surface area contributed by atoms with Gasteiger partial charge in [-0.15, -0.1) is 0 Å². The van der Waals surface area contributed by atoms with Crippen LogP contribution in [0.4, 0.5) is 20.3 Å². The molecule has 0 saturated carbocycles. The summed E-state index contributed by atoms with van der Waals surface area (Å²) in [6.07, 6.45) is 7.07. The number of hydrogen-bond acceptors (Lipinski definition) is 7. The summed E-state index contributed by atoms with van der Waals surface area (Å²) in [5.41, 5.74) is 0.410. The number of fused-ring (bicyclic) bond motifs is 3. The summed E-state index contributed by atoms with van der Waals surface area (Å²) in [6, 6.07) is 8.38. The predicted octanol–water partition coefficient (Wildman–Crippen LogP) is 3.68. The number of halogens is 2. The van der Waals surface area contributed by atoms with E-state index in [9.17, 15) is 17.6 Å². The zero-order valence-corrected chi connectivity index (χ0v) is 23.3. The SMILES string of the molecule is CCN(C)S(=O)(=O)Nc1ccc(F)c(C(=O)c2c[nH]c3ncc(-c4ccc(N5CC6CCC(C5)N6)nc4)cc23)c1F. The van der Waals surface area contributed by atoms with Gasteiger partial charge >= 0.3 is 10.2 Å². The minimum absolute atomic E-state index is 0.00120. The highest BCUT2D eigenvalue weighted by Gasteiger charge is 2.32. The van der Waals surface area contributed by atoms with Crippen molar-refractivity contribution in [3.05, 3.63) is 71.7 Å². The van der Waals surface area contributed by atoms with Crippen molar-refractivity contribution >= 4 is 38.5 Å². The molecule has 3 aromatic heterocycles. The third kappa shape index (κ3) is 5.04. The maximum absolute atomic E-state index is 15.4. The van der Waals surface area contributed by atoms with E-state index >= 15 is 4.39 Å². The number of anilines is 2. The Morgan fingerprint density at radius 1 is 1.10 bits per heavy atom. The Hall–Kier alpha value is -3.94. The number of aromatic nitrogens is 3. The van der Waals surface area contributed by atoms with Gasteiger partial charge in [0.25, 0.3) is 0 Å². The van der Waals surface area contributed by atoms with Gasteiger partial charge in [0.1, 0.15) is 17.3 Å². The van der Waals surface area contributed by atoms with Gasteiger partial charge in [0, 0.05) is 79.4 Å². The van der Waals surface area contributed by atoms with Gasteiger partial charge in [0.15, 0.2) is 5.82 Å². The van der Waals surface area contributed by atoms with Crippen molar-refractivity contribution in [3.63, 3.8) is 0 Å². The van der Waals surface area contributed by atoms with Crippen LogP contribution in [0.5, 0.6) is 0 Å². The molecule has 13 heteroatoms. The van der Waals surface area contributed by atoms with Crippen molar-refractivity contribution in [2.24, 2.45) is 0 Å². The fourth-order valence-electron chi connectivity index (χ4n) is 5.44. The van der Waals surface area contributed by atoms with Crippen LogP contribution >= 0.6 is 0 Å². The number of carbonyl (C=O) groups excluding carboxylic acids is 1. The van der Waals surface area contributed by atoms with Gasteiger partial charge in [-0.2, -0.15) is 12.7 Å². The molecule has 2 bridgehead atoms. The lowest BCUT2D eigenvalue weighted by atomic mass is 10.00. The molecule has 2 aliphatic heterocycles. The topological polar surface area (TPSA) is 123 Å². The van der Waals surface area contributed by atoms with Gasteiger partial charge in [0.05, 0.1) is 11.3 Å². The zero-order valence-electron chi connectivity index (χ0n) is 22.5. The highest BCUT2D eigenvalue weighted by atomic mass is 32.2. The van der Waals surface area contributed by atoms with E-state index in [2.05, 4.69) is 29.9 Å². The first-order valence-electron chi connectivity index (χ1n) is 13.4. The minimum atomic E-state index is -4.10. The standard InChI is InChI=1S/C28H29F2N7O3S/c1-3-36(2)41(39,40)35-23-8-7-22(29)25(26(23)30)27(38)21-13-33-28-20(21)10-17(12-32-28)16-4-9-24(31-11-16)37-14-18-5-6-19(15-37)34-18/h4,7-13,18-19,34-35H,3,5-6,14-15H2,1-2H3,(H,32,33). The number of nitrogens with zero attached hydrogens (tertiary/aromatic N) is 4. The normalized spacial score (nSPS) is 18.8. The Bertz CT molecular complexity index is 1730. The molecule has 2 unspecified atom stereocenters. The van der Waals surface area contributed by atoms with E-state index in [0.29, 0.717) is 28.7 Å². The number of hydrogen-bond donors (Lipinski definition) is 3. The number of ketones is 1. The Morgan fingerprint density at radius 2 is 1.83 bits per heavy atom. The van der Waals surface area contributed by atoms with E-state index in [1.165, 1.54) is 26.1 Å². The van der Waals surface area contributed by atoms with Crippen molar-refractivity contribution in [2.75, 3.05) is 36.3 Å². The highest BCUT2D eigenvalue weighted by Crippen LogP contribution is 2.31. The number of rotatable bonds is 8. The van der Waals surface area contributed by atoms with Gasteiger partial charge in [-0.3, -0.25) is 9.52 Å². The van der Waals surface area contributed by atoms with Crippen molar-refractivity contribution < 1.29 is 22.0 Å². The first kappa shape index (κ1) is 27.2. The van der Waals surface area contributed by atoms with Crippen LogP contribution in [0.15, 0.2) is 48.9 Å². The molecule has 2 fully saturated rings. The van der Waals surface area contributed by atoms with E-state index in [1.807, 2.05) is 12.1 Å². The van der Waals surface area contributed by atoms with Gasteiger partial charge < -0.3 is 15.2 Å². The van der Waals surface area contributed by atoms with Crippen molar-refractivity contribution in [2.45, 2.75) is 31.8 Å². The summed E-state index contributed by atoms with van der Waals surface area (Å²) in [5, 5.41) is 3.97. The molecule has 0 spiro atoms. The first-order valence-corrected chi connectivity index (χ1v) is 14.8. The van der Waals surface area contributed by atoms with Gasteiger partial charge in [-0.05, 0) is 43.2 Å². The molecular weight excluding hydrogens is 552 g/mol. The van der Waals surface area contributed by atoms with Crippen LogP contribution in [0.1, 0.15) is 35.7 Å². The van der Waals surface area contributed by atoms with Crippen LogP contribution in [-0.2, 0) is 10.2 Å². The third-order valence-electron chi connectivity index (χ3n) is 7.81. The first-order chi connectivity index (χ1) is 19.6. The van der Waals surface area contributed by atoms with Gasteiger partial charge in [-0.25, -0.2) is 18.7 Å². The molecule has 2 aliphatic rings. The summed E-state index contributed by atoms with van der Waals surface area (Å²) >= 11 is 0. The molecule has 0 radical (unpaired) electrons. The number of H-pyrrole nitrogens is 1. The molecule has 5 heterocycles. The van der Waals surface area contributed by atoms with Crippen molar-refractivity contribution in [1.82, 2.24) is 24.6 Å². The van der Waals surface area contributed by atoms with Crippen molar-refractivity contribution in [3.8, 4) is 11.1 Å². The Labute approximate surface area is 236 Å². The predicted molar refractivity (Wildman–Crippen MR) is 152 cm³/mol. The van der Waals surface area contributed by atoms with E-state index in [0.717, 1.165) is 40.9 Å². The monoisotopic (exact) mass is 581 g/mol. The maximum atomic E-state index is 15.4. The Morgan fingerprint density at radius 3 is 2.51 bits per heavy atom. The van der Waals surface area contributed by atoms with E-state index in [1.54, 1.807) is 25.4 Å². The van der Waals surface area contributed by atoms with E-state index < -0.39 is 38.9 Å². The largest absolute Gasteiger partial charge is 0.353 e. The number of nitrogens with one attached hydrogen (secondary N) is 3. The van der Waals surface area contributed by atoms with Crippen LogP contribution in [0.3, 0.4) is 0 Å². The average Bonchev–Trinajstić information content (AvgIpc) is 3.55. The fourth-order valence-corrected chi connectivity index (χ4v) is 6.37. The molecule has 214 valence electrons. The summed E-state index contributed by atoms with van der Waals surface area (Å²) in [7, 11) is -2.79. The molecule has 0 aliphatic carbocycles. The highest BCUT2D eigenvalue weighted by molar-refractivity contribution is 7.90. The lowest BCUT2D eigenvalue weighted by molar-refractivity contribution is 0.103. The number of benzene rings is 1. The summed E-state index contributed by atoms with van der Waals surface area (Å²) in [5.74, 6) is -2.47. The second-order valence-corrected chi connectivity index (χ2v) is 12.2. The number of pyridine rings is 2. The molecule has 10 nitrogen and oxygen atoms in total. The zero-order chi connectivity index (χ0) is 28.9. The number of carbonyl (C=O) groups is 1. The van der Waals surface area contributed by atoms with Gasteiger partial charge in [-0.1, -0.05) is 6.92 Å². The van der Waals surface area contributed by atoms with Crippen LogP contribution in [0, 0.1) is 11.6 Å². The minimum Gasteiger partial charge on any atom is -0.353 e. The fraction of sp³-hybridized carbons (Fsp3) is 0.321. The van der Waals surface area contributed by atoms with E-state index in [4.69, 9.17) is 0 Å². The van der Waals surface area contributed by atoms with Gasteiger partial charge in [0.2, 0.25) is 5.78 Å². The van der Waals surface area contributed by atoms with Crippen LogP contribution in [0.25, 0.3) is 22.2 Å². The molecule has 6 rings (SSSR count). The van der Waals surface area contributed by atoms with Crippen LogP contribution in [0.2, 0.25) is 0 Å². The second-order valence-electron chi connectivity index (χ2n) is 10.4. The number of aromatic amines is 1. The Balaban J connectivity index is 1.30. The summed E-state index contributed by atoms with van der Waals surface area (Å²) < 4.78 is 58.1. The summed E-state index contributed by atoms with van der Waals surface area (Å²) in [4.78, 5) is 27.7. The lowest BCUT2D eigenvalue weighted by Gasteiger charge is -2.33. The average molecular weight is 582 g/mol. The third-order valence-corrected chi connectivity index (χ3v) is 9.37. The summed E-state index contributed by atoms with van der Waals surface area (Å²) in [6.45, 7) is 3.56. The number of piperazine rings is 1. The second kappa shape index (κ2) is 10.5.